The zero-order chi connectivity index (χ0) is 23.0. The number of aromatic nitrogens is 5. The second-order valence-electron chi connectivity index (χ2n) is 8.50. The molecule has 4 rings (SSSR count). The molecular formula is C22H25FN6O3. The molecule has 0 radical (unpaired) electrons. The summed E-state index contributed by atoms with van der Waals surface area (Å²) in [5.41, 5.74) is 0.0366. The molecule has 0 saturated carbocycles. The van der Waals surface area contributed by atoms with E-state index in [1.54, 1.807) is 23.9 Å². The molecule has 1 N–H and O–H groups in total. The lowest BCUT2D eigenvalue weighted by Crippen LogP contribution is -2.52. The third-order valence-electron chi connectivity index (χ3n) is 5.90. The fraction of sp³-hybridized carbons (Fsp3) is 0.409. The Balaban J connectivity index is 1.61. The van der Waals surface area contributed by atoms with E-state index in [1.165, 1.54) is 16.7 Å². The maximum atomic E-state index is 13.1. The summed E-state index contributed by atoms with van der Waals surface area (Å²) in [5, 5.41) is 18.5. The normalized spacial score (nSPS) is 15.5. The van der Waals surface area contributed by atoms with Crippen molar-refractivity contribution in [3.8, 4) is 5.75 Å². The number of ketones is 1. The molecule has 0 saturated heterocycles. The minimum atomic E-state index is -0.686. The Bertz CT molecular complexity index is 1220. The van der Waals surface area contributed by atoms with E-state index in [4.69, 9.17) is 0 Å². The van der Waals surface area contributed by atoms with Crippen molar-refractivity contribution in [1.82, 2.24) is 29.4 Å². The van der Waals surface area contributed by atoms with Crippen LogP contribution in [0.2, 0.25) is 0 Å². The minimum Gasteiger partial charge on any atom is -0.501 e. The lowest BCUT2D eigenvalue weighted by Gasteiger charge is -2.42. The summed E-state index contributed by atoms with van der Waals surface area (Å²) in [4.78, 5) is 32.3. The van der Waals surface area contributed by atoms with E-state index in [1.807, 2.05) is 20.0 Å². The first kappa shape index (κ1) is 21.8. The third-order valence-corrected chi connectivity index (χ3v) is 5.90. The second-order valence-corrected chi connectivity index (χ2v) is 8.50. The van der Waals surface area contributed by atoms with E-state index < -0.39 is 22.6 Å². The zero-order valence-corrected chi connectivity index (χ0v) is 18.2. The number of rotatable bonds is 6. The van der Waals surface area contributed by atoms with Crippen molar-refractivity contribution >= 4 is 5.78 Å². The van der Waals surface area contributed by atoms with Gasteiger partial charge in [0.25, 0.3) is 5.56 Å². The molecule has 9 nitrogen and oxygen atoms in total. The van der Waals surface area contributed by atoms with Gasteiger partial charge in [0.1, 0.15) is 11.6 Å². The average molecular weight is 440 g/mol. The third kappa shape index (κ3) is 4.05. The number of halogens is 1. The van der Waals surface area contributed by atoms with Crippen LogP contribution in [-0.4, -0.2) is 46.9 Å². The second kappa shape index (κ2) is 8.27. The zero-order valence-electron chi connectivity index (χ0n) is 18.2. The van der Waals surface area contributed by atoms with Gasteiger partial charge in [0, 0.05) is 39.3 Å². The number of carbonyl (C=O) groups excluding carboxylic acids is 1. The van der Waals surface area contributed by atoms with Gasteiger partial charge in [-0.1, -0.05) is 17.3 Å². The van der Waals surface area contributed by atoms with Crippen molar-refractivity contribution in [3.63, 3.8) is 0 Å². The molecule has 0 aliphatic carbocycles. The molecule has 2 aromatic heterocycles. The largest absolute Gasteiger partial charge is 0.501 e. The Morgan fingerprint density at radius 1 is 1.22 bits per heavy atom. The standard InChI is InChI=1S/C22H25FN6O3/c1-22(2)21-24-18(17(30)9-6-14-4-7-15(23)8-5-14)19(31)20(32)29(21)11-10-28(22)13-16-12-27(3)26-25-16/h4-5,7-8,12,31H,6,9-11,13H2,1-3H3. The van der Waals surface area contributed by atoms with Gasteiger partial charge in [0.05, 0.1) is 11.2 Å². The van der Waals surface area contributed by atoms with Crippen molar-refractivity contribution in [1.29, 1.82) is 0 Å². The van der Waals surface area contributed by atoms with Crippen LogP contribution < -0.4 is 5.56 Å². The van der Waals surface area contributed by atoms with Gasteiger partial charge in [0.2, 0.25) is 5.75 Å². The molecule has 0 amide bonds. The fourth-order valence-corrected chi connectivity index (χ4v) is 4.02. The number of aromatic hydroxyl groups is 1. The molecule has 1 aliphatic heterocycles. The Morgan fingerprint density at radius 2 is 1.94 bits per heavy atom. The first-order chi connectivity index (χ1) is 15.2. The summed E-state index contributed by atoms with van der Waals surface area (Å²) >= 11 is 0. The highest BCUT2D eigenvalue weighted by Gasteiger charge is 2.39. The Morgan fingerprint density at radius 3 is 2.59 bits per heavy atom. The smallest absolute Gasteiger partial charge is 0.296 e. The van der Waals surface area contributed by atoms with Gasteiger partial charge in [-0.05, 0) is 38.0 Å². The van der Waals surface area contributed by atoms with Gasteiger partial charge in [-0.3, -0.25) is 23.7 Å². The topological polar surface area (TPSA) is 106 Å². The summed E-state index contributed by atoms with van der Waals surface area (Å²) in [6.07, 6.45) is 2.21. The van der Waals surface area contributed by atoms with E-state index in [-0.39, 0.29) is 17.9 Å². The first-order valence-electron chi connectivity index (χ1n) is 10.4. The van der Waals surface area contributed by atoms with Crippen LogP contribution >= 0.6 is 0 Å². The maximum Gasteiger partial charge on any atom is 0.296 e. The average Bonchev–Trinajstić information content (AvgIpc) is 3.16. The molecule has 0 fully saturated rings. The van der Waals surface area contributed by atoms with E-state index in [0.717, 1.165) is 11.3 Å². The Labute approximate surface area is 184 Å². The van der Waals surface area contributed by atoms with Crippen LogP contribution in [0, 0.1) is 5.82 Å². The SMILES string of the molecule is Cn1cc(CN2CCn3c(nc(C(=O)CCc4ccc(F)cc4)c(O)c3=O)C2(C)C)nn1. The molecule has 3 heterocycles. The number of hydrogen-bond acceptors (Lipinski definition) is 7. The molecular weight excluding hydrogens is 415 g/mol. The predicted molar refractivity (Wildman–Crippen MR) is 114 cm³/mol. The van der Waals surface area contributed by atoms with Crippen LogP contribution in [0.25, 0.3) is 0 Å². The van der Waals surface area contributed by atoms with Gasteiger partial charge in [0.15, 0.2) is 11.5 Å². The Kier molecular flexibility index (Phi) is 5.64. The molecule has 168 valence electrons. The summed E-state index contributed by atoms with van der Waals surface area (Å²) in [7, 11) is 1.79. The number of carbonyl (C=O) groups is 1. The van der Waals surface area contributed by atoms with Gasteiger partial charge >= 0.3 is 0 Å². The Hall–Kier alpha value is -3.40. The highest BCUT2D eigenvalue weighted by Crippen LogP contribution is 2.32. The molecule has 0 bridgehead atoms. The predicted octanol–water partition coefficient (Wildman–Crippen LogP) is 1.78. The van der Waals surface area contributed by atoms with Crippen LogP contribution in [0.4, 0.5) is 4.39 Å². The summed E-state index contributed by atoms with van der Waals surface area (Å²) in [6, 6.07) is 5.86. The maximum absolute atomic E-state index is 13.1. The number of benzene rings is 1. The number of hydrogen-bond donors (Lipinski definition) is 1. The fourth-order valence-electron chi connectivity index (χ4n) is 4.02. The highest BCUT2D eigenvalue weighted by atomic mass is 19.1. The van der Waals surface area contributed by atoms with Gasteiger partial charge in [-0.15, -0.1) is 5.10 Å². The summed E-state index contributed by atoms with van der Waals surface area (Å²) in [6.45, 7) is 5.23. The molecule has 10 heteroatoms. The molecule has 0 spiro atoms. The van der Waals surface area contributed by atoms with Crippen molar-refractivity contribution in [2.75, 3.05) is 6.54 Å². The van der Waals surface area contributed by atoms with Gasteiger partial charge in [-0.2, -0.15) is 0 Å². The number of nitrogens with zero attached hydrogens (tertiary/aromatic N) is 6. The molecule has 0 unspecified atom stereocenters. The van der Waals surface area contributed by atoms with Crippen molar-refractivity contribution in [2.45, 2.75) is 45.3 Å². The minimum absolute atomic E-state index is 0.0405. The summed E-state index contributed by atoms with van der Waals surface area (Å²) in [5.74, 6) is -0.999. The quantitative estimate of drug-likeness (QED) is 0.583. The van der Waals surface area contributed by atoms with Gasteiger partial charge < -0.3 is 5.11 Å². The monoisotopic (exact) mass is 440 g/mol. The first-order valence-corrected chi connectivity index (χ1v) is 10.4. The van der Waals surface area contributed by atoms with Crippen LogP contribution in [0.3, 0.4) is 0 Å². The van der Waals surface area contributed by atoms with Gasteiger partial charge in [-0.25, -0.2) is 9.37 Å². The highest BCUT2D eigenvalue weighted by molar-refractivity contribution is 5.96. The summed E-state index contributed by atoms with van der Waals surface area (Å²) < 4.78 is 16.1. The molecule has 0 atom stereocenters. The van der Waals surface area contributed by atoms with E-state index in [2.05, 4.69) is 20.2 Å². The van der Waals surface area contributed by atoms with Crippen LogP contribution in [-0.2, 0) is 32.1 Å². The van der Waals surface area contributed by atoms with Crippen LogP contribution in [0.5, 0.6) is 5.75 Å². The number of aryl methyl sites for hydroxylation is 2. The molecule has 1 aromatic carbocycles. The van der Waals surface area contributed by atoms with E-state index in [0.29, 0.717) is 31.9 Å². The number of fused-ring (bicyclic) bond motifs is 1. The lowest BCUT2D eigenvalue weighted by atomic mass is 9.97. The van der Waals surface area contributed by atoms with E-state index in [9.17, 15) is 19.1 Å². The van der Waals surface area contributed by atoms with Crippen molar-refractivity contribution in [2.24, 2.45) is 7.05 Å². The van der Waals surface area contributed by atoms with Crippen LogP contribution in [0.1, 0.15) is 47.8 Å². The molecule has 3 aromatic rings. The lowest BCUT2D eigenvalue weighted by molar-refractivity contribution is 0.0638. The molecule has 1 aliphatic rings. The van der Waals surface area contributed by atoms with Crippen LogP contribution in [0.15, 0.2) is 35.3 Å². The van der Waals surface area contributed by atoms with Crippen molar-refractivity contribution in [3.05, 3.63) is 69.4 Å². The van der Waals surface area contributed by atoms with Crippen molar-refractivity contribution < 1.29 is 14.3 Å². The molecule has 32 heavy (non-hydrogen) atoms. The van der Waals surface area contributed by atoms with E-state index >= 15 is 0 Å². The number of Topliss-reactive ketones (excluding diaryl/α,β-unsaturated/α-hetero) is 1.